The Hall–Kier alpha value is -4.46. The normalized spacial score (nSPS) is 29.2. The summed E-state index contributed by atoms with van der Waals surface area (Å²) >= 11 is 2.66. The van der Waals surface area contributed by atoms with E-state index < -0.39 is 165 Å². The van der Waals surface area contributed by atoms with Crippen LogP contribution < -0.4 is 53.2 Å². The number of nitrogens with one attached hydrogen (secondary N) is 10. The first-order valence-corrected chi connectivity index (χ1v) is 36.1. The molecular weight excluding hydrogens is 1400 g/mol. The van der Waals surface area contributed by atoms with Gasteiger partial charge in [-0.1, -0.05) is 55.4 Å². The highest BCUT2D eigenvalue weighted by Crippen LogP contribution is 2.26. The van der Waals surface area contributed by atoms with Gasteiger partial charge >= 0.3 is 11.9 Å². The number of likely N-dealkylation sites (N-methyl/N-ethyl adjacent to an activating group) is 7. The highest BCUT2D eigenvalue weighted by Gasteiger charge is 2.51. The van der Waals surface area contributed by atoms with E-state index in [0.717, 1.165) is 39.3 Å². The number of carbonyl (C=O) groups is 8. The maximum Gasteiger partial charge on any atom is 0.327 e. The highest BCUT2D eigenvalue weighted by atomic mass is 32.2. The minimum atomic E-state index is -1.65. The van der Waals surface area contributed by atoms with Crippen LogP contribution in [-0.2, 0) is 66.8 Å². The number of carboxylic acids is 2. The van der Waals surface area contributed by atoms with Crippen molar-refractivity contribution in [2.24, 2.45) is 11.8 Å². The monoisotopic (exact) mass is 1520 g/mol. The number of aliphatic hydroxyl groups is 13. The van der Waals surface area contributed by atoms with Crippen molar-refractivity contribution in [1.29, 1.82) is 0 Å². The first-order valence-electron chi connectivity index (χ1n) is 33.3. The van der Waals surface area contributed by atoms with Gasteiger partial charge in [0.05, 0.1) is 0 Å². The summed E-state index contributed by atoms with van der Waals surface area (Å²) < 4.78 is 29.1. The first kappa shape index (κ1) is 104. The molecule has 0 radical (unpaired) electrons. The maximum atomic E-state index is 12.1. The molecule has 0 aromatic heterocycles. The van der Waals surface area contributed by atoms with E-state index in [1.54, 1.807) is 20.2 Å². The molecule has 0 bridgehead atoms. The van der Waals surface area contributed by atoms with E-state index in [0.29, 0.717) is 5.75 Å². The topological polar surface area (TPSA) is 616 Å². The zero-order valence-corrected chi connectivity index (χ0v) is 63.4. The lowest BCUT2D eigenvalue weighted by Crippen LogP contribution is -2.65. The molecule has 41 heteroatoms. The Morgan fingerprint density at radius 1 is 0.363 bits per heavy atom. The summed E-state index contributed by atoms with van der Waals surface area (Å²) in [5.41, 5.74) is 0. The number of hydrogen-bond acceptors (Lipinski definition) is 33. The Bertz CT molecular complexity index is 2220. The lowest BCUT2D eigenvalue weighted by molar-refractivity contribution is -0.285. The van der Waals surface area contributed by atoms with Crippen LogP contribution in [0.2, 0.25) is 0 Å². The highest BCUT2D eigenvalue weighted by molar-refractivity contribution is 7.98. The molecule has 0 aromatic rings. The van der Waals surface area contributed by atoms with Crippen molar-refractivity contribution in [2.75, 3.05) is 107 Å². The smallest absolute Gasteiger partial charge is 0.327 e. The van der Waals surface area contributed by atoms with Crippen molar-refractivity contribution < 1.29 is 143 Å². The summed E-state index contributed by atoms with van der Waals surface area (Å²) in [6.07, 6.45) is -15.8. The molecule has 0 aliphatic carbocycles. The molecule has 6 amide bonds. The number of amides is 6. The fraction of sp³-hybridized carbons (Fsp3) is 0.869. The second-order valence-electron chi connectivity index (χ2n) is 22.2. The van der Waals surface area contributed by atoms with E-state index in [-0.39, 0.29) is 41.2 Å². The van der Waals surface area contributed by atoms with Crippen molar-refractivity contribution >= 4 is 70.9 Å². The molecular formula is C61H124N10O29S2. The molecule has 6 rings (SSSR count). The van der Waals surface area contributed by atoms with E-state index in [4.69, 9.17) is 48.8 Å². The van der Waals surface area contributed by atoms with Crippen LogP contribution >= 0.6 is 23.5 Å². The van der Waals surface area contributed by atoms with Gasteiger partial charge in [0.25, 0.3) is 0 Å². The van der Waals surface area contributed by atoms with E-state index in [2.05, 4.69) is 53.2 Å². The zero-order chi connectivity index (χ0) is 79.9. The van der Waals surface area contributed by atoms with Crippen LogP contribution in [0.25, 0.3) is 0 Å². The minimum absolute atomic E-state index is 0.126. The van der Waals surface area contributed by atoms with Gasteiger partial charge in [-0.15, -0.1) is 0 Å². The van der Waals surface area contributed by atoms with E-state index in [1.165, 1.54) is 85.7 Å². The Labute approximate surface area is 605 Å². The van der Waals surface area contributed by atoms with Crippen LogP contribution in [0.4, 0.5) is 0 Å². The van der Waals surface area contributed by atoms with Gasteiger partial charge in [-0.05, 0) is 66.4 Å². The third-order valence-electron chi connectivity index (χ3n) is 15.3. The fourth-order valence-corrected chi connectivity index (χ4v) is 9.57. The van der Waals surface area contributed by atoms with Crippen molar-refractivity contribution in [3.63, 3.8) is 0 Å². The molecule has 6 aliphatic rings. The molecule has 0 spiro atoms. The largest absolute Gasteiger partial charge is 0.480 e. The minimum Gasteiger partial charge on any atom is -0.480 e. The number of ether oxygens (including phenoxy) is 6. The van der Waals surface area contributed by atoms with Crippen molar-refractivity contribution in [2.45, 2.75) is 222 Å². The molecule has 6 aliphatic heterocycles. The zero-order valence-electron chi connectivity index (χ0n) is 61.7. The first-order chi connectivity index (χ1) is 48.1. The number of aliphatic hydroxyl groups excluding tert-OH is 13. The maximum absolute atomic E-state index is 12.1. The second-order valence-corrected chi connectivity index (χ2v) is 24.0. The van der Waals surface area contributed by atoms with Crippen molar-refractivity contribution in [3.05, 3.63) is 0 Å². The Morgan fingerprint density at radius 2 is 0.569 bits per heavy atom. The summed E-state index contributed by atoms with van der Waals surface area (Å²) in [4.78, 5) is 90.1. The lowest BCUT2D eigenvalue weighted by Gasteiger charge is -2.40. The summed E-state index contributed by atoms with van der Waals surface area (Å²) in [6, 6.07) is -5.57. The number of carboxylic acid groups (broad SMARTS) is 2. The predicted octanol–water partition coefficient (Wildman–Crippen LogP) is -8.81. The Balaban J connectivity index is -0.000000553. The molecule has 0 aromatic carbocycles. The molecule has 0 saturated carbocycles. The third-order valence-corrected chi connectivity index (χ3v) is 16.6. The molecule has 604 valence electrons. The van der Waals surface area contributed by atoms with Gasteiger partial charge in [-0.2, -0.15) is 23.5 Å². The standard InChI is InChI=1S/C11H20N2O7S.C9H18N2O6.C9H17NO3S.2C8H16N2O5.C6H13NO.2C3H6O.2C2H6/c1-12-5(8-6(14)7(15)11(19)20-8)9(16)13-4(3-21-2)10(17)18;1-10-3(8(15)11-2)7-5(13)4(12)6(14)9(16)17-7;1-4-6(2)8(11)10-7(5-14-3)9(12)13;2*1-9-3(7(13)10-2)6-4(11)5(12)8(14)15-6;1-4-5(2)6(8)7-3;2*1-2-4-3-1;2*1-2/h4-8,11-12,14-15,19H,3H2,1-2H3,(H,13,16)(H,17,18);3-7,9-10,12-14,16H,1-2H3,(H,11,15);6-7H,4-5H2,1-3H3,(H,10,11)(H,12,13);2*3-6,8-9,11-12,14H,1-2H3,(H,10,13);5H,4H2,1-3H3,(H,7,8);2*1-3H2;2*1-2H3/t4-,5?,6?,7?,8?,11?;;6?,7-;3-,4-,5-,6?,8+;;;;;;/m0.01....../s1. The molecule has 6 fully saturated rings. The van der Waals surface area contributed by atoms with Crippen LogP contribution in [0.1, 0.15) is 81.1 Å². The van der Waals surface area contributed by atoms with Gasteiger partial charge in [0.15, 0.2) is 25.2 Å². The number of carbonyl (C=O) groups excluding carboxylic acids is 6. The van der Waals surface area contributed by atoms with Crippen LogP contribution in [0.3, 0.4) is 0 Å². The van der Waals surface area contributed by atoms with Crippen LogP contribution in [-0.4, -0.2) is 372 Å². The van der Waals surface area contributed by atoms with Gasteiger partial charge in [0.1, 0.15) is 116 Å². The molecule has 39 nitrogen and oxygen atoms in total. The van der Waals surface area contributed by atoms with Crippen LogP contribution in [0.15, 0.2) is 0 Å². The van der Waals surface area contributed by atoms with Crippen LogP contribution in [0, 0.1) is 11.8 Å². The van der Waals surface area contributed by atoms with Crippen LogP contribution in [0.5, 0.6) is 0 Å². The molecule has 25 atom stereocenters. The number of hydrogen-bond donors (Lipinski definition) is 25. The molecule has 19 unspecified atom stereocenters. The van der Waals surface area contributed by atoms with Gasteiger partial charge in [0.2, 0.25) is 35.4 Å². The second kappa shape index (κ2) is 58.7. The third kappa shape index (κ3) is 36.2. The van der Waals surface area contributed by atoms with Gasteiger partial charge < -0.3 is 158 Å². The summed E-state index contributed by atoms with van der Waals surface area (Å²) in [5.74, 6) is -3.53. The number of thioether (sulfide) groups is 2. The summed E-state index contributed by atoms with van der Waals surface area (Å²) in [6.45, 7) is 19.6. The molecule has 6 saturated heterocycles. The van der Waals surface area contributed by atoms with E-state index >= 15 is 0 Å². The van der Waals surface area contributed by atoms with Gasteiger partial charge in [-0.25, -0.2) is 9.59 Å². The Kier molecular flexibility index (Phi) is 59.8. The average Bonchev–Trinajstić information content (AvgIpc) is 1.09. The molecule has 6 heterocycles. The Morgan fingerprint density at radius 3 is 0.745 bits per heavy atom. The average molecular weight is 1530 g/mol. The molecule has 25 N–H and O–H groups in total. The van der Waals surface area contributed by atoms with Crippen molar-refractivity contribution in [3.8, 4) is 0 Å². The SMILES string of the molecule is C1COC1.C1COC1.CC.CC.CCC(C)C(=O)NC.CCC(C)C(=O)N[C@@H](CSC)C(=O)O.CNC(=O)C(NC)C1OC(O)C(O)C(O)C1O.CNC(=O)C(NC)C1OC(O)C(O)C1O.CNC(=O)[C@H](NC)C1O[C@H](O)[C@H](O)[C@H]1O.CNC(C(=O)N[C@@H](CSC)C(=O)O)C1OC(O)C(O)C1O. The van der Waals surface area contributed by atoms with Gasteiger partial charge in [-0.3, -0.25) is 28.8 Å². The van der Waals surface area contributed by atoms with Crippen molar-refractivity contribution in [1.82, 2.24) is 53.2 Å². The lowest BCUT2D eigenvalue weighted by atomic mass is 9.93. The van der Waals surface area contributed by atoms with E-state index in [1.807, 2.05) is 54.7 Å². The summed E-state index contributed by atoms with van der Waals surface area (Å²) in [5, 5.41) is 165. The fourth-order valence-electron chi connectivity index (χ4n) is 8.45. The molecule has 102 heavy (non-hydrogen) atoms. The van der Waals surface area contributed by atoms with Gasteiger partial charge in [0, 0.05) is 78.0 Å². The quantitative estimate of drug-likeness (QED) is 0.0427. The van der Waals surface area contributed by atoms with E-state index in [9.17, 15) is 94.5 Å². The number of aliphatic carboxylic acids is 2. The predicted molar refractivity (Wildman–Crippen MR) is 374 cm³/mol. The summed E-state index contributed by atoms with van der Waals surface area (Å²) in [7, 11) is 11.9. The number of rotatable bonds is 24.